The third-order valence-corrected chi connectivity index (χ3v) is 6.41. The summed E-state index contributed by atoms with van der Waals surface area (Å²) in [4.78, 5) is 0. The molecule has 1 aliphatic heterocycles. The van der Waals surface area contributed by atoms with E-state index in [2.05, 4.69) is 0 Å². The molecule has 8 heteroatoms. The predicted molar refractivity (Wildman–Crippen MR) is 82.8 cm³/mol. The van der Waals surface area contributed by atoms with E-state index in [0.717, 1.165) is 19.3 Å². The van der Waals surface area contributed by atoms with Gasteiger partial charge in [-0.05, 0) is 19.3 Å². The molecule has 0 saturated carbocycles. The minimum atomic E-state index is -2.97. The zero-order valence-electron chi connectivity index (χ0n) is 14.0. The zero-order chi connectivity index (χ0) is 16.1. The molecule has 1 saturated heterocycles. The Hall–Kier alpha value is -0.0631. The molecule has 0 radical (unpaired) electrons. The van der Waals surface area contributed by atoms with Crippen LogP contribution in [-0.2, 0) is 32.2 Å². The second-order valence-corrected chi connectivity index (χ2v) is 7.70. The van der Waals surface area contributed by atoms with Crippen molar-refractivity contribution in [1.82, 2.24) is 0 Å². The highest BCUT2D eigenvalue weighted by molar-refractivity contribution is 6.62. The molecule has 1 unspecified atom stereocenters. The molecule has 1 aliphatic rings. The van der Waals surface area contributed by atoms with E-state index in [-0.39, 0.29) is 5.73 Å². The van der Waals surface area contributed by atoms with Crippen LogP contribution < -0.4 is 0 Å². The molecule has 0 aromatic rings. The number of ether oxygens (including phenoxy) is 4. The van der Waals surface area contributed by atoms with Gasteiger partial charge in [-0.15, -0.1) is 0 Å². The third-order valence-electron chi connectivity index (χ3n) is 3.35. The fourth-order valence-electron chi connectivity index (χ4n) is 2.23. The SMILES string of the molecule is COCCO[Si](OCCOC)(OCCOC)C1CCCCO1. The van der Waals surface area contributed by atoms with Crippen molar-refractivity contribution in [3.63, 3.8) is 0 Å². The fraction of sp³-hybridized carbons (Fsp3) is 1.00. The molecule has 0 N–H and O–H groups in total. The van der Waals surface area contributed by atoms with Gasteiger partial charge in [0.1, 0.15) is 5.73 Å². The van der Waals surface area contributed by atoms with Crippen molar-refractivity contribution in [3.8, 4) is 0 Å². The van der Waals surface area contributed by atoms with Crippen molar-refractivity contribution in [2.45, 2.75) is 25.0 Å². The Morgan fingerprint density at radius 1 is 0.773 bits per heavy atom. The molecule has 0 spiro atoms. The lowest BCUT2D eigenvalue weighted by Crippen LogP contribution is -2.59. The zero-order valence-corrected chi connectivity index (χ0v) is 15.0. The molecule has 1 rings (SSSR count). The Kier molecular flexibility index (Phi) is 11.2. The van der Waals surface area contributed by atoms with Crippen LogP contribution in [0.2, 0.25) is 0 Å². The van der Waals surface area contributed by atoms with Crippen molar-refractivity contribution >= 4 is 8.80 Å². The van der Waals surface area contributed by atoms with Gasteiger partial charge in [0.15, 0.2) is 0 Å². The first-order chi connectivity index (χ1) is 10.8. The average Bonchev–Trinajstić information content (AvgIpc) is 2.56. The largest absolute Gasteiger partial charge is 0.531 e. The van der Waals surface area contributed by atoms with E-state index in [1.165, 1.54) is 0 Å². The van der Waals surface area contributed by atoms with Crippen LogP contribution in [0.5, 0.6) is 0 Å². The van der Waals surface area contributed by atoms with E-state index in [0.29, 0.717) is 46.2 Å². The standard InChI is InChI=1S/C14H30O7Si/c1-15-8-11-19-22(20-12-9-16-2,21-13-10-17-3)14-6-4-5-7-18-14/h14H,4-13H2,1-3H3. The van der Waals surface area contributed by atoms with Crippen LogP contribution in [0.3, 0.4) is 0 Å². The van der Waals surface area contributed by atoms with Crippen LogP contribution in [0.15, 0.2) is 0 Å². The molecule has 1 heterocycles. The van der Waals surface area contributed by atoms with Gasteiger partial charge < -0.3 is 32.2 Å². The number of methoxy groups -OCH3 is 3. The molecule has 0 aromatic heterocycles. The number of hydrogen-bond donors (Lipinski definition) is 0. The maximum atomic E-state index is 6.04. The highest BCUT2D eigenvalue weighted by atomic mass is 28.4. The average molecular weight is 338 g/mol. The number of rotatable bonds is 13. The smallest absolute Gasteiger partial charge is 0.382 e. The fourth-order valence-corrected chi connectivity index (χ4v) is 5.02. The summed E-state index contributed by atoms with van der Waals surface area (Å²) in [5.41, 5.74) is -0.133. The first kappa shape index (κ1) is 20.0. The molecule has 1 atom stereocenters. The summed E-state index contributed by atoms with van der Waals surface area (Å²) in [7, 11) is 1.95. The molecular formula is C14H30O7Si. The Labute approximate surface area is 134 Å². The first-order valence-corrected chi connectivity index (χ1v) is 9.59. The summed E-state index contributed by atoms with van der Waals surface area (Å²) < 4.78 is 39.2. The van der Waals surface area contributed by atoms with Crippen molar-refractivity contribution in [3.05, 3.63) is 0 Å². The Morgan fingerprint density at radius 3 is 1.64 bits per heavy atom. The molecule has 0 aliphatic carbocycles. The molecule has 0 aromatic carbocycles. The Balaban J connectivity index is 2.72. The minimum Gasteiger partial charge on any atom is -0.382 e. The van der Waals surface area contributed by atoms with Crippen LogP contribution in [0.1, 0.15) is 19.3 Å². The molecule has 0 amide bonds. The van der Waals surface area contributed by atoms with Gasteiger partial charge in [-0.25, -0.2) is 0 Å². The normalized spacial score (nSPS) is 19.5. The molecule has 22 heavy (non-hydrogen) atoms. The lowest BCUT2D eigenvalue weighted by atomic mass is 10.2. The maximum absolute atomic E-state index is 6.04. The summed E-state index contributed by atoms with van der Waals surface area (Å²) in [6.45, 7) is 3.44. The van der Waals surface area contributed by atoms with Gasteiger partial charge in [-0.3, -0.25) is 0 Å². The molecule has 132 valence electrons. The van der Waals surface area contributed by atoms with E-state index in [1.54, 1.807) is 21.3 Å². The van der Waals surface area contributed by atoms with Crippen molar-refractivity contribution in [2.75, 3.05) is 67.6 Å². The van der Waals surface area contributed by atoms with Crippen molar-refractivity contribution in [2.24, 2.45) is 0 Å². The Morgan fingerprint density at radius 2 is 1.27 bits per heavy atom. The van der Waals surface area contributed by atoms with E-state index < -0.39 is 8.80 Å². The molecule has 7 nitrogen and oxygen atoms in total. The van der Waals surface area contributed by atoms with Gasteiger partial charge in [0.2, 0.25) is 0 Å². The summed E-state index contributed by atoms with van der Waals surface area (Å²) in [6.07, 6.45) is 3.04. The molecular weight excluding hydrogens is 308 g/mol. The van der Waals surface area contributed by atoms with E-state index in [1.807, 2.05) is 0 Å². The van der Waals surface area contributed by atoms with E-state index in [9.17, 15) is 0 Å². The second-order valence-electron chi connectivity index (χ2n) is 4.98. The second kappa shape index (κ2) is 12.4. The lowest BCUT2D eigenvalue weighted by molar-refractivity contribution is -0.0478. The van der Waals surface area contributed by atoms with Gasteiger partial charge >= 0.3 is 8.80 Å². The van der Waals surface area contributed by atoms with Crippen molar-refractivity contribution in [1.29, 1.82) is 0 Å². The quantitative estimate of drug-likeness (QED) is 0.367. The maximum Gasteiger partial charge on any atom is 0.531 e. The number of hydrogen-bond acceptors (Lipinski definition) is 7. The predicted octanol–water partition coefficient (Wildman–Crippen LogP) is 1.02. The third kappa shape index (κ3) is 7.01. The summed E-state index contributed by atoms with van der Waals surface area (Å²) >= 11 is 0. The van der Waals surface area contributed by atoms with Crippen LogP contribution in [-0.4, -0.2) is 82.1 Å². The highest BCUT2D eigenvalue weighted by Gasteiger charge is 2.51. The summed E-state index contributed by atoms with van der Waals surface area (Å²) in [5, 5.41) is 0. The van der Waals surface area contributed by atoms with Crippen LogP contribution >= 0.6 is 0 Å². The minimum absolute atomic E-state index is 0.133. The van der Waals surface area contributed by atoms with Gasteiger partial charge in [0, 0.05) is 27.9 Å². The van der Waals surface area contributed by atoms with Gasteiger partial charge in [0.25, 0.3) is 0 Å². The Bertz CT molecular complexity index is 235. The summed E-state index contributed by atoms with van der Waals surface area (Å²) in [6, 6.07) is 0. The lowest BCUT2D eigenvalue weighted by Gasteiger charge is -2.37. The van der Waals surface area contributed by atoms with E-state index >= 15 is 0 Å². The molecule has 0 bridgehead atoms. The van der Waals surface area contributed by atoms with Crippen LogP contribution in [0, 0.1) is 0 Å². The van der Waals surface area contributed by atoms with E-state index in [4.69, 9.17) is 32.2 Å². The van der Waals surface area contributed by atoms with Gasteiger partial charge in [-0.2, -0.15) is 0 Å². The van der Waals surface area contributed by atoms with Crippen molar-refractivity contribution < 1.29 is 32.2 Å². The van der Waals surface area contributed by atoms with Crippen LogP contribution in [0.4, 0.5) is 0 Å². The van der Waals surface area contributed by atoms with Crippen LogP contribution in [0.25, 0.3) is 0 Å². The summed E-state index contributed by atoms with van der Waals surface area (Å²) in [5.74, 6) is 0. The highest BCUT2D eigenvalue weighted by Crippen LogP contribution is 2.26. The van der Waals surface area contributed by atoms with Gasteiger partial charge in [0.05, 0.1) is 39.6 Å². The molecule has 1 fully saturated rings. The van der Waals surface area contributed by atoms with Gasteiger partial charge in [-0.1, -0.05) is 0 Å². The first-order valence-electron chi connectivity index (χ1n) is 7.79. The topological polar surface area (TPSA) is 64.6 Å². The monoisotopic (exact) mass is 338 g/mol.